The number of nitrogens with zero attached hydrogens (tertiary/aromatic N) is 2. The highest BCUT2D eigenvalue weighted by molar-refractivity contribution is 8.13. The van der Waals surface area contributed by atoms with Gasteiger partial charge in [-0.3, -0.25) is 9.79 Å². The molecule has 1 aliphatic rings. The number of pyridine rings is 1. The van der Waals surface area contributed by atoms with E-state index in [1.807, 2.05) is 0 Å². The Labute approximate surface area is 158 Å². The normalized spacial score (nSPS) is 19.7. The average Bonchev–Trinajstić information content (AvgIpc) is 2.58. The highest BCUT2D eigenvalue weighted by atomic mass is 35.5. The van der Waals surface area contributed by atoms with Gasteiger partial charge >= 0.3 is 0 Å². The summed E-state index contributed by atoms with van der Waals surface area (Å²) in [5.41, 5.74) is 5.61. The molecule has 6 nitrogen and oxygen atoms in total. The van der Waals surface area contributed by atoms with Crippen LogP contribution in [0.2, 0.25) is 5.02 Å². The number of amides is 1. The summed E-state index contributed by atoms with van der Waals surface area (Å²) in [5.74, 6) is -0.754. The number of anilines is 1. The minimum Gasteiger partial charge on any atom is -0.493 e. The third kappa shape index (κ3) is 3.76. The number of benzene rings is 1. The fourth-order valence-electron chi connectivity index (χ4n) is 2.69. The van der Waals surface area contributed by atoms with Crippen LogP contribution in [-0.4, -0.2) is 26.9 Å². The number of aromatic nitrogens is 1. The van der Waals surface area contributed by atoms with Gasteiger partial charge in [0.15, 0.2) is 5.17 Å². The molecule has 1 amide bonds. The zero-order valence-corrected chi connectivity index (χ0v) is 15.4. The summed E-state index contributed by atoms with van der Waals surface area (Å²) >= 11 is 7.24. The molecule has 1 aliphatic heterocycles. The molecule has 1 aromatic heterocycles. The van der Waals surface area contributed by atoms with Crippen LogP contribution in [0.15, 0.2) is 35.5 Å². The van der Waals surface area contributed by atoms with Crippen LogP contribution in [0.5, 0.6) is 5.88 Å². The maximum absolute atomic E-state index is 14.4. The number of hydrogen-bond acceptors (Lipinski definition) is 6. The summed E-state index contributed by atoms with van der Waals surface area (Å²) in [4.78, 5) is 20.4. The van der Waals surface area contributed by atoms with Gasteiger partial charge in [-0.25, -0.2) is 9.37 Å². The molecule has 2 heterocycles. The Hall–Kier alpha value is -2.32. The molecular formula is C17H16ClFN4O2S. The number of aromatic hydroxyl groups is 1. The van der Waals surface area contributed by atoms with Crippen LogP contribution in [-0.2, 0) is 5.54 Å². The molecule has 1 atom stereocenters. The Morgan fingerprint density at radius 3 is 2.96 bits per heavy atom. The Kier molecular flexibility index (Phi) is 5.06. The fourth-order valence-corrected chi connectivity index (χ4v) is 3.83. The van der Waals surface area contributed by atoms with Crippen LogP contribution >= 0.6 is 23.4 Å². The van der Waals surface area contributed by atoms with Crippen molar-refractivity contribution in [3.8, 4) is 5.88 Å². The number of hydrogen-bond donors (Lipinski definition) is 3. The summed E-state index contributed by atoms with van der Waals surface area (Å²) in [6.07, 6.45) is 1.85. The van der Waals surface area contributed by atoms with Crippen LogP contribution in [0, 0.1) is 5.82 Å². The van der Waals surface area contributed by atoms with Gasteiger partial charge in [-0.1, -0.05) is 23.4 Å². The Bertz CT molecular complexity index is 908. The molecule has 0 bridgehead atoms. The first-order valence-electron chi connectivity index (χ1n) is 7.72. The van der Waals surface area contributed by atoms with Crippen molar-refractivity contribution in [2.75, 3.05) is 11.1 Å². The molecule has 136 valence electrons. The molecule has 26 heavy (non-hydrogen) atoms. The molecular weight excluding hydrogens is 379 g/mol. The van der Waals surface area contributed by atoms with E-state index in [1.54, 1.807) is 6.92 Å². The van der Waals surface area contributed by atoms with Gasteiger partial charge in [0.25, 0.3) is 5.91 Å². The van der Waals surface area contributed by atoms with E-state index < -0.39 is 23.1 Å². The van der Waals surface area contributed by atoms with Crippen LogP contribution in [0.4, 0.5) is 10.1 Å². The first kappa shape index (κ1) is 18.5. The predicted octanol–water partition coefficient (Wildman–Crippen LogP) is 3.50. The fraction of sp³-hybridized carbons (Fsp3) is 0.235. The lowest BCUT2D eigenvalue weighted by molar-refractivity contribution is 0.102. The van der Waals surface area contributed by atoms with Gasteiger partial charge in [0.2, 0.25) is 5.88 Å². The van der Waals surface area contributed by atoms with Crippen LogP contribution in [0.25, 0.3) is 0 Å². The third-order valence-electron chi connectivity index (χ3n) is 4.08. The second-order valence-electron chi connectivity index (χ2n) is 6.00. The summed E-state index contributed by atoms with van der Waals surface area (Å²) < 4.78 is 14.4. The maximum Gasteiger partial charge on any atom is 0.261 e. The van der Waals surface area contributed by atoms with E-state index in [4.69, 9.17) is 17.3 Å². The number of halogens is 2. The standard InChI is InChI=1S/C17H16ClFN4O2S/c1-17(4-5-26-16(20)23-17)12-7-10(2-3-13(12)19)22-15(25)11-6-9(18)8-21-14(11)24/h2-3,6-8H,4-5H2,1H3,(H2,20,23)(H,21,24)(H,22,25). The van der Waals surface area contributed by atoms with Gasteiger partial charge in [-0.2, -0.15) is 0 Å². The van der Waals surface area contributed by atoms with Crippen molar-refractivity contribution in [2.45, 2.75) is 18.9 Å². The highest BCUT2D eigenvalue weighted by Crippen LogP contribution is 2.37. The average molecular weight is 395 g/mol. The van der Waals surface area contributed by atoms with Gasteiger partial charge in [-0.15, -0.1) is 0 Å². The number of thioether (sulfide) groups is 1. The first-order chi connectivity index (χ1) is 12.3. The molecule has 0 aliphatic carbocycles. The molecule has 3 rings (SSSR count). The lowest BCUT2D eigenvalue weighted by Crippen LogP contribution is -2.29. The van der Waals surface area contributed by atoms with Gasteiger partial charge in [0.05, 0.1) is 10.6 Å². The zero-order chi connectivity index (χ0) is 18.9. The summed E-state index contributed by atoms with van der Waals surface area (Å²) in [6, 6.07) is 5.52. The van der Waals surface area contributed by atoms with E-state index in [2.05, 4.69) is 15.3 Å². The van der Waals surface area contributed by atoms with E-state index in [0.29, 0.717) is 22.8 Å². The van der Waals surface area contributed by atoms with Crippen molar-refractivity contribution < 1.29 is 14.3 Å². The van der Waals surface area contributed by atoms with Crippen molar-refractivity contribution >= 4 is 40.1 Å². The largest absolute Gasteiger partial charge is 0.493 e. The lowest BCUT2D eigenvalue weighted by atomic mass is 9.89. The first-order valence-corrected chi connectivity index (χ1v) is 9.09. The number of carbonyl (C=O) groups is 1. The van der Waals surface area contributed by atoms with E-state index in [-0.39, 0.29) is 10.6 Å². The van der Waals surface area contributed by atoms with Gasteiger partial charge in [0, 0.05) is 23.2 Å². The predicted molar refractivity (Wildman–Crippen MR) is 101 cm³/mol. The number of amidine groups is 1. The number of nitrogens with two attached hydrogens (primary N) is 1. The number of rotatable bonds is 3. The van der Waals surface area contributed by atoms with Crippen molar-refractivity contribution in [3.63, 3.8) is 0 Å². The minimum atomic E-state index is -0.806. The van der Waals surface area contributed by atoms with Crippen LogP contribution < -0.4 is 11.1 Å². The van der Waals surface area contributed by atoms with Crippen molar-refractivity contribution in [1.29, 1.82) is 0 Å². The highest BCUT2D eigenvalue weighted by Gasteiger charge is 2.32. The Morgan fingerprint density at radius 1 is 1.46 bits per heavy atom. The van der Waals surface area contributed by atoms with Crippen LogP contribution in [0.1, 0.15) is 29.3 Å². The van der Waals surface area contributed by atoms with E-state index in [0.717, 1.165) is 5.75 Å². The van der Waals surface area contributed by atoms with Crippen LogP contribution in [0.3, 0.4) is 0 Å². The summed E-state index contributed by atoms with van der Waals surface area (Å²) in [7, 11) is 0. The van der Waals surface area contributed by atoms with E-state index in [9.17, 15) is 14.3 Å². The minimum absolute atomic E-state index is 0.0779. The van der Waals surface area contributed by atoms with Gasteiger partial charge < -0.3 is 16.2 Å². The monoisotopic (exact) mass is 394 g/mol. The van der Waals surface area contributed by atoms with Crippen molar-refractivity contribution in [2.24, 2.45) is 10.7 Å². The molecule has 0 saturated heterocycles. The Morgan fingerprint density at radius 2 is 2.23 bits per heavy atom. The summed E-state index contributed by atoms with van der Waals surface area (Å²) in [5, 5.41) is 13.0. The van der Waals surface area contributed by atoms with E-state index in [1.165, 1.54) is 42.2 Å². The quantitative estimate of drug-likeness (QED) is 0.739. The molecule has 1 aromatic carbocycles. The number of aliphatic imine (C=N–C) groups is 1. The Balaban J connectivity index is 1.92. The molecule has 2 aromatic rings. The molecule has 0 radical (unpaired) electrons. The SMILES string of the molecule is CC1(c2cc(NC(=O)c3cc(Cl)cnc3O)ccc2F)CCSC(N)=N1. The second kappa shape index (κ2) is 7.13. The second-order valence-corrected chi connectivity index (χ2v) is 7.55. The maximum atomic E-state index is 14.4. The summed E-state index contributed by atoms with van der Waals surface area (Å²) in [6.45, 7) is 1.80. The molecule has 0 fully saturated rings. The number of nitrogens with one attached hydrogen (secondary N) is 1. The molecule has 9 heteroatoms. The topological polar surface area (TPSA) is 101 Å². The smallest absolute Gasteiger partial charge is 0.261 e. The third-order valence-corrected chi connectivity index (χ3v) is 5.08. The molecule has 0 saturated carbocycles. The molecule has 4 N–H and O–H groups in total. The van der Waals surface area contributed by atoms with Crippen molar-refractivity contribution in [1.82, 2.24) is 4.98 Å². The molecule has 0 spiro atoms. The van der Waals surface area contributed by atoms with Crippen molar-refractivity contribution in [3.05, 3.63) is 52.4 Å². The van der Waals surface area contributed by atoms with E-state index >= 15 is 0 Å². The molecule has 1 unspecified atom stereocenters. The van der Waals surface area contributed by atoms with Gasteiger partial charge in [-0.05, 0) is 37.6 Å². The lowest BCUT2D eigenvalue weighted by Gasteiger charge is -2.30. The zero-order valence-electron chi connectivity index (χ0n) is 13.8. The number of carbonyl (C=O) groups excluding carboxylic acids is 1. The van der Waals surface area contributed by atoms with Gasteiger partial charge in [0.1, 0.15) is 11.4 Å².